The molecular formula is C21H36N2O. The molecule has 136 valence electrons. The SMILES string of the molecule is C=C(C)C(=CC(=CC)C1CCCCC1)C(COC(=N)N)CC(C)C. The Morgan fingerprint density at radius 3 is 2.38 bits per heavy atom. The lowest BCUT2D eigenvalue weighted by atomic mass is 9.80. The van der Waals surface area contributed by atoms with Crippen molar-refractivity contribution in [1.82, 2.24) is 0 Å². The molecule has 3 heteroatoms. The van der Waals surface area contributed by atoms with Crippen LogP contribution >= 0.6 is 0 Å². The van der Waals surface area contributed by atoms with E-state index < -0.39 is 0 Å². The van der Waals surface area contributed by atoms with Crippen molar-refractivity contribution < 1.29 is 4.74 Å². The van der Waals surface area contributed by atoms with Gasteiger partial charge >= 0.3 is 0 Å². The first-order chi connectivity index (χ1) is 11.3. The normalized spacial score (nSPS) is 18.5. The quantitative estimate of drug-likeness (QED) is 0.346. The first-order valence-corrected chi connectivity index (χ1v) is 9.35. The van der Waals surface area contributed by atoms with Gasteiger partial charge in [0, 0.05) is 5.92 Å². The van der Waals surface area contributed by atoms with Gasteiger partial charge in [0.15, 0.2) is 0 Å². The van der Waals surface area contributed by atoms with Crippen LogP contribution in [0.25, 0.3) is 0 Å². The molecule has 0 spiro atoms. The number of nitrogens with one attached hydrogen (secondary N) is 1. The Bertz CT molecular complexity index is 482. The van der Waals surface area contributed by atoms with Gasteiger partial charge in [0.25, 0.3) is 6.02 Å². The van der Waals surface area contributed by atoms with E-state index in [9.17, 15) is 0 Å². The Morgan fingerprint density at radius 1 is 1.29 bits per heavy atom. The van der Waals surface area contributed by atoms with Crippen molar-refractivity contribution in [2.75, 3.05) is 6.61 Å². The molecule has 1 rings (SSSR count). The Labute approximate surface area is 148 Å². The first kappa shape index (κ1) is 20.5. The van der Waals surface area contributed by atoms with Crippen LogP contribution in [0.3, 0.4) is 0 Å². The molecule has 0 aliphatic heterocycles. The Hall–Kier alpha value is -1.51. The van der Waals surface area contributed by atoms with E-state index in [0.717, 1.165) is 12.0 Å². The summed E-state index contributed by atoms with van der Waals surface area (Å²) in [6.45, 7) is 13.3. The minimum atomic E-state index is -0.205. The van der Waals surface area contributed by atoms with Crippen LogP contribution < -0.4 is 5.73 Å². The summed E-state index contributed by atoms with van der Waals surface area (Å²) in [6, 6.07) is -0.205. The molecule has 0 bridgehead atoms. The third-order valence-electron chi connectivity index (χ3n) is 4.86. The molecule has 0 radical (unpaired) electrons. The average molecular weight is 333 g/mol. The van der Waals surface area contributed by atoms with E-state index in [1.807, 2.05) is 0 Å². The number of rotatable bonds is 8. The highest BCUT2D eigenvalue weighted by Gasteiger charge is 2.21. The van der Waals surface area contributed by atoms with Gasteiger partial charge < -0.3 is 10.5 Å². The van der Waals surface area contributed by atoms with Crippen molar-refractivity contribution >= 4 is 6.02 Å². The highest BCUT2D eigenvalue weighted by atomic mass is 16.5. The molecule has 0 saturated heterocycles. The number of ether oxygens (including phenoxy) is 1. The van der Waals surface area contributed by atoms with E-state index in [1.165, 1.54) is 43.3 Å². The molecule has 1 unspecified atom stereocenters. The van der Waals surface area contributed by atoms with Crippen LogP contribution in [-0.4, -0.2) is 12.6 Å². The van der Waals surface area contributed by atoms with Gasteiger partial charge in [-0.3, -0.25) is 5.41 Å². The fourth-order valence-corrected chi connectivity index (χ4v) is 3.69. The molecule has 24 heavy (non-hydrogen) atoms. The predicted molar refractivity (Wildman–Crippen MR) is 104 cm³/mol. The van der Waals surface area contributed by atoms with Crippen LogP contribution in [0.15, 0.2) is 35.5 Å². The molecular weight excluding hydrogens is 296 g/mol. The topological polar surface area (TPSA) is 59.1 Å². The lowest BCUT2D eigenvalue weighted by Gasteiger charge is -2.26. The molecule has 3 N–H and O–H groups in total. The molecule has 1 aliphatic carbocycles. The Morgan fingerprint density at radius 2 is 1.92 bits per heavy atom. The second-order valence-corrected chi connectivity index (χ2v) is 7.51. The molecule has 3 nitrogen and oxygen atoms in total. The van der Waals surface area contributed by atoms with E-state index in [-0.39, 0.29) is 11.9 Å². The number of amidine groups is 1. The minimum Gasteiger partial charge on any atom is -0.465 e. The summed E-state index contributed by atoms with van der Waals surface area (Å²) in [7, 11) is 0. The van der Waals surface area contributed by atoms with Crippen molar-refractivity contribution in [3.63, 3.8) is 0 Å². The molecule has 0 amide bonds. The monoisotopic (exact) mass is 332 g/mol. The van der Waals surface area contributed by atoms with Gasteiger partial charge in [0.2, 0.25) is 0 Å². The second kappa shape index (κ2) is 10.4. The lowest BCUT2D eigenvalue weighted by Crippen LogP contribution is -2.22. The van der Waals surface area contributed by atoms with Gasteiger partial charge in [-0.25, -0.2) is 0 Å². The maximum atomic E-state index is 7.36. The second-order valence-electron chi connectivity index (χ2n) is 7.51. The third-order valence-corrected chi connectivity index (χ3v) is 4.86. The Kier molecular flexibility index (Phi) is 8.88. The highest BCUT2D eigenvalue weighted by molar-refractivity contribution is 5.67. The zero-order valence-electron chi connectivity index (χ0n) is 16.0. The van der Waals surface area contributed by atoms with Crippen LogP contribution in [0.2, 0.25) is 0 Å². The van der Waals surface area contributed by atoms with E-state index in [4.69, 9.17) is 15.9 Å². The van der Waals surface area contributed by atoms with Gasteiger partial charge in [-0.15, -0.1) is 0 Å². The molecule has 1 saturated carbocycles. The number of nitrogens with two attached hydrogens (primary N) is 1. The zero-order chi connectivity index (χ0) is 18.1. The summed E-state index contributed by atoms with van der Waals surface area (Å²) >= 11 is 0. The predicted octanol–water partition coefficient (Wildman–Crippen LogP) is 5.59. The van der Waals surface area contributed by atoms with E-state index in [2.05, 4.69) is 46.4 Å². The minimum absolute atomic E-state index is 0.205. The van der Waals surface area contributed by atoms with Crippen LogP contribution in [0.1, 0.15) is 66.2 Å². The van der Waals surface area contributed by atoms with Crippen LogP contribution in [0.4, 0.5) is 0 Å². The smallest absolute Gasteiger partial charge is 0.279 e. The zero-order valence-corrected chi connectivity index (χ0v) is 16.0. The van der Waals surface area contributed by atoms with E-state index in [0.29, 0.717) is 18.4 Å². The van der Waals surface area contributed by atoms with Gasteiger partial charge in [-0.1, -0.05) is 57.4 Å². The third kappa shape index (κ3) is 6.94. The average Bonchev–Trinajstić information content (AvgIpc) is 2.53. The standard InChI is InChI=1S/C21H36N2O/c1-6-17(18-10-8-7-9-11-18)13-20(16(4)5)19(12-15(2)3)14-24-21(22)23/h6,13,15,18-19H,4,7-12,14H2,1-3,5H3,(H3,22,23). The number of allylic oxidation sites excluding steroid dienone is 4. The summed E-state index contributed by atoms with van der Waals surface area (Å²) in [5, 5.41) is 7.36. The van der Waals surface area contributed by atoms with E-state index in [1.54, 1.807) is 0 Å². The molecule has 0 aromatic carbocycles. The fourth-order valence-electron chi connectivity index (χ4n) is 3.69. The summed E-state index contributed by atoms with van der Waals surface area (Å²) in [4.78, 5) is 0. The van der Waals surface area contributed by atoms with Gasteiger partial charge in [-0.2, -0.15) is 0 Å². The molecule has 1 atom stereocenters. The van der Waals surface area contributed by atoms with Crippen LogP contribution in [0, 0.1) is 23.2 Å². The molecule has 1 fully saturated rings. The first-order valence-electron chi connectivity index (χ1n) is 9.35. The van der Waals surface area contributed by atoms with Crippen molar-refractivity contribution in [2.24, 2.45) is 23.5 Å². The van der Waals surface area contributed by atoms with Crippen molar-refractivity contribution in [2.45, 2.75) is 66.2 Å². The number of hydrogen-bond acceptors (Lipinski definition) is 2. The summed E-state index contributed by atoms with van der Waals surface area (Å²) in [5.74, 6) is 1.45. The van der Waals surface area contributed by atoms with Crippen molar-refractivity contribution in [3.8, 4) is 0 Å². The van der Waals surface area contributed by atoms with Crippen LogP contribution in [0.5, 0.6) is 0 Å². The maximum absolute atomic E-state index is 7.36. The summed E-state index contributed by atoms with van der Waals surface area (Å²) in [6.07, 6.45) is 12.2. The van der Waals surface area contributed by atoms with Crippen molar-refractivity contribution in [1.29, 1.82) is 5.41 Å². The Balaban J connectivity index is 3.04. The summed E-state index contributed by atoms with van der Waals surface area (Å²) in [5.41, 5.74) is 9.17. The molecule has 0 heterocycles. The molecule has 0 aromatic heterocycles. The van der Waals surface area contributed by atoms with Gasteiger partial charge in [0.1, 0.15) is 0 Å². The molecule has 0 aromatic rings. The van der Waals surface area contributed by atoms with Gasteiger partial charge in [-0.05, 0) is 56.1 Å². The molecule has 1 aliphatic rings. The largest absolute Gasteiger partial charge is 0.465 e. The summed E-state index contributed by atoms with van der Waals surface area (Å²) < 4.78 is 5.36. The van der Waals surface area contributed by atoms with E-state index >= 15 is 0 Å². The lowest BCUT2D eigenvalue weighted by molar-refractivity contribution is 0.233. The maximum Gasteiger partial charge on any atom is 0.279 e. The van der Waals surface area contributed by atoms with Gasteiger partial charge in [0.05, 0.1) is 6.61 Å². The number of hydrogen-bond donors (Lipinski definition) is 2. The van der Waals surface area contributed by atoms with Crippen molar-refractivity contribution in [3.05, 3.63) is 35.5 Å². The fraction of sp³-hybridized carbons (Fsp3) is 0.667. The van der Waals surface area contributed by atoms with Crippen LogP contribution in [-0.2, 0) is 4.74 Å². The highest BCUT2D eigenvalue weighted by Crippen LogP contribution is 2.34.